The van der Waals surface area contributed by atoms with Crippen LogP contribution >= 0.6 is 0 Å². The third kappa shape index (κ3) is 4.82. The highest BCUT2D eigenvalue weighted by atomic mass is 16.4. The van der Waals surface area contributed by atoms with Crippen LogP contribution in [0, 0.1) is 6.92 Å². The van der Waals surface area contributed by atoms with Crippen LogP contribution < -0.4 is 0 Å². The molecule has 2 nitrogen and oxygen atoms in total. The van der Waals surface area contributed by atoms with Gasteiger partial charge in [0.15, 0.2) is 0 Å². The molecule has 1 aromatic carbocycles. The summed E-state index contributed by atoms with van der Waals surface area (Å²) in [6.45, 7) is 6.05. The van der Waals surface area contributed by atoms with Crippen LogP contribution in [-0.4, -0.2) is 11.1 Å². The van der Waals surface area contributed by atoms with Gasteiger partial charge in [0.2, 0.25) is 0 Å². The van der Waals surface area contributed by atoms with Crippen LogP contribution in [0.15, 0.2) is 59.7 Å². The summed E-state index contributed by atoms with van der Waals surface area (Å²) in [5, 5.41) is 8.69. The average Bonchev–Trinajstić information content (AvgIpc) is 2.46. The Morgan fingerprint density at radius 3 is 2.70 bits per heavy atom. The molecule has 0 saturated carbocycles. The first kappa shape index (κ1) is 17.0. The minimum Gasteiger partial charge on any atom is -0.478 e. The van der Waals surface area contributed by atoms with Crippen molar-refractivity contribution in [1.82, 2.24) is 0 Å². The van der Waals surface area contributed by atoms with Crippen molar-refractivity contribution in [2.24, 2.45) is 0 Å². The van der Waals surface area contributed by atoms with Crippen LogP contribution in [0.2, 0.25) is 0 Å². The zero-order valence-corrected chi connectivity index (χ0v) is 14.1. The number of aryl methyl sites for hydroxylation is 2. The van der Waals surface area contributed by atoms with Crippen molar-refractivity contribution in [3.05, 3.63) is 76.4 Å². The number of carboxylic acids is 1. The van der Waals surface area contributed by atoms with Gasteiger partial charge in [0, 0.05) is 6.08 Å². The standard InChI is InChI=1S/C21H24O2/c1-15(7-4-8-16(2)14-20(22)23)13-19-12-6-11-18-10-5-9-17(3)21(18)19/h4-5,7-10,13-14H,6,11-12H2,1-3H3,(H,22,23)/b8-4+,15-7-,16-14+,19-13+. The van der Waals surface area contributed by atoms with Crippen LogP contribution in [0.25, 0.3) is 5.57 Å². The van der Waals surface area contributed by atoms with Crippen molar-refractivity contribution in [3.63, 3.8) is 0 Å². The number of rotatable bonds is 4. The molecule has 1 aliphatic carbocycles. The molecule has 0 heterocycles. The monoisotopic (exact) mass is 308 g/mol. The van der Waals surface area contributed by atoms with Gasteiger partial charge in [-0.1, -0.05) is 48.1 Å². The van der Waals surface area contributed by atoms with Gasteiger partial charge in [-0.3, -0.25) is 0 Å². The van der Waals surface area contributed by atoms with Crippen LogP contribution in [0.5, 0.6) is 0 Å². The first-order valence-electron chi connectivity index (χ1n) is 8.03. The van der Waals surface area contributed by atoms with Gasteiger partial charge in [0.25, 0.3) is 0 Å². The van der Waals surface area contributed by atoms with Crippen LogP contribution in [0.1, 0.15) is 43.4 Å². The second kappa shape index (κ2) is 7.77. The maximum Gasteiger partial charge on any atom is 0.328 e. The van der Waals surface area contributed by atoms with Gasteiger partial charge in [-0.05, 0) is 67.9 Å². The topological polar surface area (TPSA) is 37.3 Å². The molecule has 1 aromatic rings. The molecule has 0 bridgehead atoms. The maximum atomic E-state index is 10.6. The van der Waals surface area contributed by atoms with Crippen molar-refractivity contribution < 1.29 is 9.90 Å². The molecule has 120 valence electrons. The van der Waals surface area contributed by atoms with Crippen LogP contribution in [0.3, 0.4) is 0 Å². The van der Waals surface area contributed by atoms with Gasteiger partial charge in [0.1, 0.15) is 0 Å². The summed E-state index contributed by atoms with van der Waals surface area (Å²) in [6, 6.07) is 6.55. The number of carbonyl (C=O) groups is 1. The molecule has 0 aliphatic heterocycles. The van der Waals surface area contributed by atoms with Crippen molar-refractivity contribution in [2.45, 2.75) is 40.0 Å². The Hall–Kier alpha value is -2.35. The lowest BCUT2D eigenvalue weighted by Gasteiger charge is -2.21. The van der Waals surface area contributed by atoms with Crippen molar-refractivity contribution in [3.8, 4) is 0 Å². The van der Waals surface area contributed by atoms with Gasteiger partial charge in [-0.2, -0.15) is 0 Å². The number of benzene rings is 1. The smallest absolute Gasteiger partial charge is 0.328 e. The maximum absolute atomic E-state index is 10.6. The molecule has 0 unspecified atom stereocenters. The predicted octanol–water partition coefficient (Wildman–Crippen LogP) is 5.25. The average molecular weight is 308 g/mol. The number of allylic oxidation sites excluding steroid dienone is 7. The van der Waals surface area contributed by atoms with Gasteiger partial charge in [-0.15, -0.1) is 0 Å². The zero-order chi connectivity index (χ0) is 16.8. The molecular formula is C21H24O2. The summed E-state index contributed by atoms with van der Waals surface area (Å²) in [4.78, 5) is 10.6. The van der Waals surface area contributed by atoms with Gasteiger partial charge >= 0.3 is 5.97 Å². The summed E-state index contributed by atoms with van der Waals surface area (Å²) in [5.41, 5.74) is 7.52. The Morgan fingerprint density at radius 2 is 1.96 bits per heavy atom. The van der Waals surface area contributed by atoms with E-state index in [-0.39, 0.29) is 0 Å². The van der Waals surface area contributed by atoms with E-state index in [0.29, 0.717) is 0 Å². The second-order valence-electron chi connectivity index (χ2n) is 6.13. The molecule has 0 saturated heterocycles. The summed E-state index contributed by atoms with van der Waals surface area (Å²) >= 11 is 0. The SMILES string of the molecule is CC(=C/C=C/C(C)=C/C(=O)O)/C=C1\CCCc2cccc(C)c21. The highest BCUT2D eigenvalue weighted by molar-refractivity contribution is 5.81. The molecule has 2 rings (SSSR count). The molecule has 0 atom stereocenters. The van der Waals surface area contributed by atoms with Gasteiger partial charge in [0.05, 0.1) is 0 Å². The van der Waals surface area contributed by atoms with Crippen molar-refractivity contribution in [1.29, 1.82) is 0 Å². The summed E-state index contributed by atoms with van der Waals surface area (Å²) < 4.78 is 0. The van der Waals surface area contributed by atoms with E-state index in [1.165, 1.54) is 40.3 Å². The lowest BCUT2D eigenvalue weighted by molar-refractivity contribution is -0.131. The molecular weight excluding hydrogens is 284 g/mol. The predicted molar refractivity (Wildman–Crippen MR) is 96.4 cm³/mol. The molecule has 0 radical (unpaired) electrons. The highest BCUT2D eigenvalue weighted by Gasteiger charge is 2.15. The number of fused-ring (bicyclic) bond motifs is 1. The molecule has 23 heavy (non-hydrogen) atoms. The van der Waals surface area contributed by atoms with E-state index in [4.69, 9.17) is 5.11 Å². The van der Waals surface area contributed by atoms with Crippen LogP contribution in [-0.2, 0) is 11.2 Å². The Balaban J connectivity index is 2.21. The molecule has 0 spiro atoms. The Kier molecular flexibility index (Phi) is 5.75. The minimum absolute atomic E-state index is 0.730. The molecule has 1 aliphatic rings. The van der Waals surface area contributed by atoms with Crippen molar-refractivity contribution >= 4 is 11.5 Å². The summed E-state index contributed by atoms with van der Waals surface area (Å²) in [7, 11) is 0. The second-order valence-corrected chi connectivity index (χ2v) is 6.13. The first-order chi connectivity index (χ1) is 11.0. The number of aliphatic carboxylic acids is 1. The summed E-state index contributed by atoms with van der Waals surface area (Å²) in [6.07, 6.45) is 12.7. The fourth-order valence-corrected chi connectivity index (χ4v) is 3.05. The fraction of sp³-hybridized carbons (Fsp3) is 0.286. The number of hydrogen-bond donors (Lipinski definition) is 1. The normalized spacial score (nSPS) is 17.6. The molecule has 0 amide bonds. The van der Waals surface area contributed by atoms with Gasteiger partial charge in [-0.25, -0.2) is 4.79 Å². The Labute approximate surface area is 138 Å². The van der Waals surface area contributed by atoms with Crippen LogP contribution in [0.4, 0.5) is 0 Å². The third-order valence-electron chi connectivity index (χ3n) is 4.04. The molecule has 2 heteroatoms. The zero-order valence-electron chi connectivity index (χ0n) is 14.1. The van der Waals surface area contributed by atoms with Gasteiger partial charge < -0.3 is 5.11 Å². The Morgan fingerprint density at radius 1 is 1.17 bits per heavy atom. The molecule has 0 fully saturated rings. The highest BCUT2D eigenvalue weighted by Crippen LogP contribution is 2.33. The fourth-order valence-electron chi connectivity index (χ4n) is 3.05. The largest absolute Gasteiger partial charge is 0.478 e. The van der Waals surface area contributed by atoms with Crippen molar-refractivity contribution in [2.75, 3.05) is 0 Å². The Bertz CT molecular complexity index is 715. The third-order valence-corrected chi connectivity index (χ3v) is 4.04. The molecule has 1 N–H and O–H groups in total. The van der Waals surface area contributed by atoms with E-state index >= 15 is 0 Å². The van der Waals surface area contributed by atoms with E-state index < -0.39 is 5.97 Å². The van der Waals surface area contributed by atoms with E-state index in [0.717, 1.165) is 18.4 Å². The van der Waals surface area contributed by atoms with E-state index in [1.807, 2.05) is 18.2 Å². The lowest BCUT2D eigenvalue weighted by Crippen LogP contribution is -2.03. The van der Waals surface area contributed by atoms with E-state index in [2.05, 4.69) is 38.1 Å². The number of carboxylic acid groups (broad SMARTS) is 1. The first-order valence-corrected chi connectivity index (χ1v) is 8.03. The quantitative estimate of drug-likeness (QED) is 0.609. The van der Waals surface area contributed by atoms with E-state index in [1.54, 1.807) is 6.92 Å². The van der Waals surface area contributed by atoms with E-state index in [9.17, 15) is 4.79 Å². The number of hydrogen-bond acceptors (Lipinski definition) is 1. The minimum atomic E-state index is -0.913. The molecule has 0 aromatic heterocycles. The summed E-state index contributed by atoms with van der Waals surface area (Å²) in [5.74, 6) is -0.913. The lowest BCUT2D eigenvalue weighted by atomic mass is 9.84.